The zero-order chi connectivity index (χ0) is 14.8. The highest BCUT2D eigenvalue weighted by molar-refractivity contribution is 5.94. The lowest BCUT2D eigenvalue weighted by molar-refractivity contribution is 0.0939. The monoisotopic (exact) mass is 286 g/mol. The van der Waals surface area contributed by atoms with Crippen LogP contribution in [0.4, 0.5) is 0 Å². The van der Waals surface area contributed by atoms with Gasteiger partial charge in [-0.1, -0.05) is 6.07 Å². The van der Waals surface area contributed by atoms with E-state index in [1.54, 1.807) is 0 Å². The molecule has 1 atom stereocenters. The van der Waals surface area contributed by atoms with E-state index < -0.39 is 0 Å². The quantitative estimate of drug-likeness (QED) is 0.898. The van der Waals surface area contributed by atoms with Crippen molar-refractivity contribution < 1.29 is 14.3 Å². The fraction of sp³-hybridized carbons (Fsp3) is 0.200. The van der Waals surface area contributed by atoms with Crippen molar-refractivity contribution in [2.45, 2.75) is 13.0 Å². The molecule has 2 aromatic rings. The summed E-state index contributed by atoms with van der Waals surface area (Å²) in [6, 6.07) is 8.16. The maximum absolute atomic E-state index is 12.1. The van der Waals surface area contributed by atoms with Gasteiger partial charge in [0, 0.05) is 12.3 Å². The van der Waals surface area contributed by atoms with Crippen LogP contribution in [0.2, 0.25) is 0 Å². The molecule has 0 fully saturated rings. The molecule has 6 heteroatoms. The molecule has 0 radical (unpaired) electrons. The van der Waals surface area contributed by atoms with E-state index in [1.807, 2.05) is 25.1 Å². The Morgan fingerprint density at radius 1 is 1.24 bits per heavy atom. The van der Waals surface area contributed by atoms with E-state index in [2.05, 4.69) is 10.3 Å². The van der Waals surface area contributed by atoms with Gasteiger partial charge in [0.2, 0.25) is 12.4 Å². The molecule has 2 N–H and O–H groups in total. The van der Waals surface area contributed by atoms with Crippen LogP contribution >= 0.6 is 0 Å². The van der Waals surface area contributed by atoms with Gasteiger partial charge in [0.1, 0.15) is 0 Å². The molecule has 1 aromatic heterocycles. The molecule has 1 amide bonds. The second-order valence-corrected chi connectivity index (χ2v) is 4.75. The Balaban J connectivity index is 1.73. The Morgan fingerprint density at radius 3 is 2.81 bits per heavy atom. The highest BCUT2D eigenvalue weighted by atomic mass is 16.7. The number of aromatic amines is 1. The van der Waals surface area contributed by atoms with Crippen molar-refractivity contribution in [3.63, 3.8) is 0 Å². The lowest BCUT2D eigenvalue weighted by Crippen LogP contribution is -2.27. The number of ether oxygens (including phenoxy) is 2. The van der Waals surface area contributed by atoms with E-state index in [4.69, 9.17) is 9.47 Å². The number of carbonyl (C=O) groups is 1. The van der Waals surface area contributed by atoms with Gasteiger partial charge in [-0.15, -0.1) is 0 Å². The molecular weight excluding hydrogens is 272 g/mol. The second-order valence-electron chi connectivity index (χ2n) is 4.75. The molecule has 0 aliphatic carbocycles. The van der Waals surface area contributed by atoms with Gasteiger partial charge in [0.15, 0.2) is 11.5 Å². The fourth-order valence-corrected chi connectivity index (χ4v) is 2.10. The van der Waals surface area contributed by atoms with E-state index in [1.165, 1.54) is 18.3 Å². The van der Waals surface area contributed by atoms with Gasteiger partial charge in [-0.2, -0.15) is 0 Å². The third kappa shape index (κ3) is 2.74. The number of fused-ring (bicyclic) bond motifs is 1. The first-order chi connectivity index (χ1) is 10.1. The molecule has 2 heterocycles. The van der Waals surface area contributed by atoms with E-state index >= 15 is 0 Å². The number of hydrogen-bond donors (Lipinski definition) is 2. The van der Waals surface area contributed by atoms with Crippen molar-refractivity contribution in [1.82, 2.24) is 10.3 Å². The third-order valence-corrected chi connectivity index (χ3v) is 3.29. The predicted molar refractivity (Wildman–Crippen MR) is 75.5 cm³/mol. The number of aromatic nitrogens is 1. The molecule has 0 saturated carbocycles. The SMILES string of the molecule is CC(NC(=O)c1ccc(=O)[nH]c1)c1ccc2c(c1)OCO2. The Morgan fingerprint density at radius 2 is 2.05 bits per heavy atom. The van der Waals surface area contributed by atoms with Gasteiger partial charge < -0.3 is 19.8 Å². The van der Waals surface area contributed by atoms with Crippen molar-refractivity contribution in [1.29, 1.82) is 0 Å². The molecular formula is C15H14N2O4. The summed E-state index contributed by atoms with van der Waals surface area (Å²) in [5.41, 5.74) is 1.08. The summed E-state index contributed by atoms with van der Waals surface area (Å²) >= 11 is 0. The highest BCUT2D eigenvalue weighted by Crippen LogP contribution is 2.34. The maximum atomic E-state index is 12.1. The number of carbonyl (C=O) groups excluding carboxylic acids is 1. The molecule has 21 heavy (non-hydrogen) atoms. The highest BCUT2D eigenvalue weighted by Gasteiger charge is 2.17. The van der Waals surface area contributed by atoms with Crippen LogP contribution in [0, 0.1) is 0 Å². The summed E-state index contributed by atoms with van der Waals surface area (Å²) in [5, 5.41) is 2.87. The molecule has 108 valence electrons. The molecule has 1 aliphatic rings. The van der Waals surface area contributed by atoms with E-state index in [0.717, 1.165) is 5.56 Å². The average molecular weight is 286 g/mol. The number of rotatable bonds is 3. The number of amides is 1. The van der Waals surface area contributed by atoms with Gasteiger partial charge in [0.05, 0.1) is 11.6 Å². The topological polar surface area (TPSA) is 80.4 Å². The van der Waals surface area contributed by atoms with Crippen molar-refractivity contribution in [2.24, 2.45) is 0 Å². The lowest BCUT2D eigenvalue weighted by Gasteiger charge is -2.14. The van der Waals surface area contributed by atoms with Crippen molar-refractivity contribution >= 4 is 5.91 Å². The standard InChI is InChI=1S/C15H14N2O4/c1-9(10-2-4-12-13(6-10)21-8-20-12)17-15(19)11-3-5-14(18)16-7-11/h2-7,9H,8H2,1H3,(H,16,18)(H,17,19). The third-order valence-electron chi connectivity index (χ3n) is 3.29. The van der Waals surface area contributed by atoms with Crippen molar-refractivity contribution in [3.8, 4) is 11.5 Å². The summed E-state index contributed by atoms with van der Waals surface area (Å²) < 4.78 is 10.6. The van der Waals surface area contributed by atoms with Crippen LogP contribution in [-0.4, -0.2) is 17.7 Å². The second kappa shape index (κ2) is 5.32. The van der Waals surface area contributed by atoms with Gasteiger partial charge in [-0.05, 0) is 30.7 Å². The van der Waals surface area contributed by atoms with Crippen molar-refractivity contribution in [2.75, 3.05) is 6.79 Å². The molecule has 0 bridgehead atoms. The Bertz CT molecular complexity index is 718. The number of pyridine rings is 1. The Labute approximate surface area is 120 Å². The van der Waals surface area contributed by atoms with Crippen LogP contribution in [0.15, 0.2) is 41.3 Å². The van der Waals surface area contributed by atoms with Crippen LogP contribution in [0.1, 0.15) is 28.9 Å². The minimum absolute atomic E-state index is 0.195. The van der Waals surface area contributed by atoms with Gasteiger partial charge in [0.25, 0.3) is 5.91 Å². The molecule has 0 saturated heterocycles. The van der Waals surface area contributed by atoms with Crippen molar-refractivity contribution in [3.05, 3.63) is 58.0 Å². The van der Waals surface area contributed by atoms with Gasteiger partial charge in [-0.3, -0.25) is 9.59 Å². The Hall–Kier alpha value is -2.76. The lowest BCUT2D eigenvalue weighted by atomic mass is 10.1. The number of H-pyrrole nitrogens is 1. The molecule has 1 aliphatic heterocycles. The zero-order valence-electron chi connectivity index (χ0n) is 11.4. The smallest absolute Gasteiger partial charge is 0.253 e. The minimum Gasteiger partial charge on any atom is -0.454 e. The minimum atomic E-state index is -0.253. The van der Waals surface area contributed by atoms with E-state index in [-0.39, 0.29) is 24.3 Å². The maximum Gasteiger partial charge on any atom is 0.253 e. The van der Waals surface area contributed by atoms with Crippen LogP contribution in [0.25, 0.3) is 0 Å². The zero-order valence-corrected chi connectivity index (χ0v) is 11.4. The summed E-state index contributed by atoms with van der Waals surface area (Å²) in [4.78, 5) is 25.5. The molecule has 0 spiro atoms. The molecule has 1 aromatic carbocycles. The normalized spacial score (nSPS) is 13.8. The molecule has 1 unspecified atom stereocenters. The first kappa shape index (κ1) is 13.2. The van der Waals surface area contributed by atoms with Crippen LogP contribution < -0.4 is 20.3 Å². The van der Waals surface area contributed by atoms with E-state index in [0.29, 0.717) is 17.1 Å². The van der Waals surface area contributed by atoms with Gasteiger partial charge >= 0.3 is 0 Å². The van der Waals surface area contributed by atoms with E-state index in [9.17, 15) is 9.59 Å². The predicted octanol–water partition coefficient (Wildman–Crippen LogP) is 1.59. The summed E-state index contributed by atoms with van der Waals surface area (Å²) in [7, 11) is 0. The van der Waals surface area contributed by atoms with Crippen LogP contribution in [0.3, 0.4) is 0 Å². The summed E-state index contributed by atoms with van der Waals surface area (Å²) in [5.74, 6) is 1.13. The van der Waals surface area contributed by atoms with Crippen LogP contribution in [0.5, 0.6) is 11.5 Å². The number of nitrogens with one attached hydrogen (secondary N) is 2. The summed E-state index contributed by atoms with van der Waals surface area (Å²) in [6.45, 7) is 2.10. The first-order valence-corrected chi connectivity index (χ1v) is 6.52. The molecule has 3 rings (SSSR count). The number of benzene rings is 1. The fourth-order valence-electron chi connectivity index (χ4n) is 2.10. The number of hydrogen-bond acceptors (Lipinski definition) is 4. The molecule has 6 nitrogen and oxygen atoms in total. The largest absolute Gasteiger partial charge is 0.454 e. The average Bonchev–Trinajstić information content (AvgIpc) is 2.95. The van der Waals surface area contributed by atoms with Gasteiger partial charge in [-0.25, -0.2) is 0 Å². The Kier molecular flexibility index (Phi) is 3.35. The van der Waals surface area contributed by atoms with Crippen LogP contribution in [-0.2, 0) is 0 Å². The summed E-state index contributed by atoms with van der Waals surface area (Å²) in [6.07, 6.45) is 1.39. The first-order valence-electron chi connectivity index (χ1n) is 6.52.